The molecule has 0 radical (unpaired) electrons. The van der Waals surface area contributed by atoms with Gasteiger partial charge in [0.25, 0.3) is 5.91 Å². The predicted octanol–water partition coefficient (Wildman–Crippen LogP) is 4.50. The molecule has 0 saturated carbocycles. The summed E-state index contributed by atoms with van der Waals surface area (Å²) in [7, 11) is 0. The Kier molecular flexibility index (Phi) is 6.10. The number of rotatable bonds is 6. The van der Waals surface area contributed by atoms with Crippen molar-refractivity contribution < 1.29 is 9.53 Å². The van der Waals surface area contributed by atoms with Crippen LogP contribution in [-0.2, 0) is 0 Å². The predicted molar refractivity (Wildman–Crippen MR) is 105 cm³/mol. The summed E-state index contributed by atoms with van der Waals surface area (Å²) in [6.45, 7) is 5.84. The minimum atomic E-state index is -0.193. The molecule has 5 nitrogen and oxygen atoms in total. The van der Waals surface area contributed by atoms with Gasteiger partial charge in [-0.2, -0.15) is 0 Å². The molecule has 1 atom stereocenters. The Labute approximate surface area is 155 Å². The van der Waals surface area contributed by atoms with E-state index in [0.29, 0.717) is 18.3 Å². The fourth-order valence-electron chi connectivity index (χ4n) is 3.48. The Morgan fingerprint density at radius 2 is 2.04 bits per heavy atom. The number of anilines is 2. The maximum atomic E-state index is 12.6. The van der Waals surface area contributed by atoms with Gasteiger partial charge in [0, 0.05) is 30.2 Å². The average Bonchev–Trinajstić information content (AvgIpc) is 2.69. The zero-order chi connectivity index (χ0) is 18.4. The number of hydrogen-bond donors (Lipinski definition) is 1. The first-order valence-electron chi connectivity index (χ1n) is 9.48. The Morgan fingerprint density at radius 3 is 2.77 bits per heavy atom. The average molecular weight is 353 g/mol. The van der Waals surface area contributed by atoms with Gasteiger partial charge in [0.15, 0.2) is 0 Å². The minimum absolute atomic E-state index is 0.193. The van der Waals surface area contributed by atoms with Crippen molar-refractivity contribution in [2.75, 3.05) is 23.4 Å². The molecule has 3 rings (SSSR count). The molecule has 1 aliphatic rings. The number of carbonyl (C=O) groups is 1. The fourth-order valence-corrected chi connectivity index (χ4v) is 3.48. The molecule has 0 bridgehead atoms. The van der Waals surface area contributed by atoms with E-state index in [1.54, 1.807) is 6.20 Å². The first kappa shape index (κ1) is 18.2. The topological polar surface area (TPSA) is 54.5 Å². The molecule has 1 aromatic heterocycles. The highest BCUT2D eigenvalue weighted by Gasteiger charge is 2.22. The Hall–Kier alpha value is -2.56. The van der Waals surface area contributed by atoms with E-state index in [1.165, 1.54) is 19.3 Å². The van der Waals surface area contributed by atoms with Crippen LogP contribution in [0.15, 0.2) is 42.6 Å². The van der Waals surface area contributed by atoms with Crippen LogP contribution in [0.1, 0.15) is 50.0 Å². The van der Waals surface area contributed by atoms with Gasteiger partial charge >= 0.3 is 0 Å². The highest BCUT2D eigenvalue weighted by atomic mass is 16.5. The highest BCUT2D eigenvalue weighted by Crippen LogP contribution is 2.26. The number of piperidine rings is 1. The van der Waals surface area contributed by atoms with Crippen molar-refractivity contribution in [3.8, 4) is 5.75 Å². The zero-order valence-electron chi connectivity index (χ0n) is 15.6. The number of aromatic nitrogens is 1. The Balaban J connectivity index is 1.71. The number of amides is 1. The van der Waals surface area contributed by atoms with Crippen molar-refractivity contribution in [2.24, 2.45) is 0 Å². The quantitative estimate of drug-likeness (QED) is 0.831. The van der Waals surface area contributed by atoms with Gasteiger partial charge in [-0.1, -0.05) is 6.92 Å². The van der Waals surface area contributed by atoms with Gasteiger partial charge in [0.2, 0.25) is 0 Å². The van der Waals surface area contributed by atoms with Crippen LogP contribution in [-0.4, -0.2) is 30.1 Å². The summed E-state index contributed by atoms with van der Waals surface area (Å²) in [5.41, 5.74) is 2.26. The van der Waals surface area contributed by atoms with Crippen LogP contribution in [0.5, 0.6) is 5.75 Å². The summed E-state index contributed by atoms with van der Waals surface area (Å²) in [4.78, 5) is 19.3. The normalized spacial score (nSPS) is 17.0. The number of pyridine rings is 1. The Morgan fingerprint density at radius 1 is 1.23 bits per heavy atom. The van der Waals surface area contributed by atoms with Gasteiger partial charge in [0.1, 0.15) is 11.4 Å². The smallest absolute Gasteiger partial charge is 0.274 e. The Bertz CT molecular complexity index is 730. The number of benzene rings is 1. The fraction of sp³-hybridized carbons (Fsp3) is 0.429. The first-order valence-corrected chi connectivity index (χ1v) is 9.48. The largest absolute Gasteiger partial charge is 0.494 e. The number of carbonyl (C=O) groups excluding carboxylic acids is 1. The van der Waals surface area contributed by atoms with Gasteiger partial charge in [-0.15, -0.1) is 0 Å². The number of nitrogens with zero attached hydrogens (tertiary/aromatic N) is 2. The van der Waals surface area contributed by atoms with Crippen LogP contribution in [0, 0.1) is 0 Å². The van der Waals surface area contributed by atoms with E-state index in [-0.39, 0.29) is 5.91 Å². The lowest BCUT2D eigenvalue weighted by atomic mass is 9.99. The molecule has 1 aliphatic heterocycles. The molecular weight excluding hydrogens is 326 g/mol. The van der Waals surface area contributed by atoms with E-state index in [4.69, 9.17) is 4.74 Å². The lowest BCUT2D eigenvalue weighted by Crippen LogP contribution is -2.39. The maximum Gasteiger partial charge on any atom is 0.274 e. The third-order valence-electron chi connectivity index (χ3n) is 4.83. The molecule has 2 heterocycles. The summed E-state index contributed by atoms with van der Waals surface area (Å²) in [6.07, 6.45) is 6.55. The SMILES string of the molecule is CCOc1ccc(NC(=O)c2cc(N3CCCCC3CC)ccn2)cc1. The summed E-state index contributed by atoms with van der Waals surface area (Å²) in [5.74, 6) is 0.599. The molecule has 1 saturated heterocycles. The number of hydrogen-bond acceptors (Lipinski definition) is 4. The van der Waals surface area contributed by atoms with Crippen LogP contribution >= 0.6 is 0 Å². The van der Waals surface area contributed by atoms with Gasteiger partial charge in [0.05, 0.1) is 6.61 Å². The second kappa shape index (κ2) is 8.70. The molecule has 138 valence electrons. The first-order chi connectivity index (χ1) is 12.7. The molecule has 1 amide bonds. The molecule has 5 heteroatoms. The summed E-state index contributed by atoms with van der Waals surface area (Å²) >= 11 is 0. The molecule has 1 fully saturated rings. The maximum absolute atomic E-state index is 12.6. The van der Waals surface area contributed by atoms with Gasteiger partial charge in [-0.05, 0) is 69.0 Å². The van der Waals surface area contributed by atoms with Crippen LogP contribution in [0.2, 0.25) is 0 Å². The summed E-state index contributed by atoms with van der Waals surface area (Å²) in [5, 5.41) is 2.91. The van der Waals surface area contributed by atoms with Crippen molar-refractivity contribution >= 4 is 17.3 Å². The lowest BCUT2D eigenvalue weighted by Gasteiger charge is -2.37. The van der Waals surface area contributed by atoms with Crippen molar-refractivity contribution in [1.82, 2.24) is 4.98 Å². The third kappa shape index (κ3) is 4.34. The highest BCUT2D eigenvalue weighted by molar-refractivity contribution is 6.03. The van der Waals surface area contributed by atoms with Crippen LogP contribution in [0.4, 0.5) is 11.4 Å². The van der Waals surface area contributed by atoms with Gasteiger partial charge in [-0.3, -0.25) is 9.78 Å². The van der Waals surface area contributed by atoms with E-state index >= 15 is 0 Å². The van der Waals surface area contributed by atoms with Crippen molar-refractivity contribution in [3.63, 3.8) is 0 Å². The molecule has 0 aliphatic carbocycles. The molecule has 1 N–H and O–H groups in total. The summed E-state index contributed by atoms with van der Waals surface area (Å²) in [6, 6.07) is 11.8. The van der Waals surface area contributed by atoms with Gasteiger partial charge in [-0.25, -0.2) is 0 Å². The van der Waals surface area contributed by atoms with Crippen LogP contribution in [0.3, 0.4) is 0 Å². The molecule has 2 aromatic rings. The molecule has 26 heavy (non-hydrogen) atoms. The molecule has 1 aromatic carbocycles. The second-order valence-electron chi connectivity index (χ2n) is 6.56. The van der Waals surface area contributed by atoms with E-state index < -0.39 is 0 Å². The van der Waals surface area contributed by atoms with E-state index in [9.17, 15) is 4.79 Å². The summed E-state index contributed by atoms with van der Waals surface area (Å²) < 4.78 is 5.42. The van der Waals surface area contributed by atoms with Crippen molar-refractivity contribution in [3.05, 3.63) is 48.3 Å². The minimum Gasteiger partial charge on any atom is -0.494 e. The van der Waals surface area contributed by atoms with E-state index in [2.05, 4.69) is 22.1 Å². The van der Waals surface area contributed by atoms with Crippen LogP contribution in [0.25, 0.3) is 0 Å². The molecule has 1 unspecified atom stereocenters. The molecule has 0 spiro atoms. The van der Waals surface area contributed by atoms with E-state index in [0.717, 1.165) is 30.1 Å². The van der Waals surface area contributed by atoms with Crippen LogP contribution < -0.4 is 15.0 Å². The lowest BCUT2D eigenvalue weighted by molar-refractivity contribution is 0.102. The number of nitrogens with one attached hydrogen (secondary N) is 1. The third-order valence-corrected chi connectivity index (χ3v) is 4.83. The zero-order valence-corrected chi connectivity index (χ0v) is 15.6. The monoisotopic (exact) mass is 353 g/mol. The molecular formula is C21H27N3O2. The van der Waals surface area contributed by atoms with Crippen molar-refractivity contribution in [1.29, 1.82) is 0 Å². The number of ether oxygens (including phenoxy) is 1. The van der Waals surface area contributed by atoms with E-state index in [1.807, 2.05) is 43.3 Å². The second-order valence-corrected chi connectivity index (χ2v) is 6.56. The van der Waals surface area contributed by atoms with Crippen molar-refractivity contribution in [2.45, 2.75) is 45.6 Å². The van der Waals surface area contributed by atoms with Gasteiger partial charge < -0.3 is 15.0 Å². The standard InChI is InChI=1S/C21H27N3O2/c1-3-17-7-5-6-14-24(17)18-12-13-22-20(15-18)21(25)23-16-8-10-19(11-9-16)26-4-2/h8-13,15,17H,3-7,14H2,1-2H3,(H,23,25).